The van der Waals surface area contributed by atoms with Gasteiger partial charge in [0.1, 0.15) is 12.0 Å². The fraction of sp³-hybridized carbons (Fsp3) is 0.333. The second-order valence-electron chi connectivity index (χ2n) is 5.02. The molecule has 0 bridgehead atoms. The van der Waals surface area contributed by atoms with Crippen molar-refractivity contribution in [2.75, 3.05) is 29.5 Å². The summed E-state index contributed by atoms with van der Waals surface area (Å²) in [6.07, 6.45) is 3.68. The van der Waals surface area contributed by atoms with Crippen LogP contribution in [0.5, 0.6) is 0 Å². The first kappa shape index (κ1) is 16.6. The molecule has 0 saturated carbocycles. The van der Waals surface area contributed by atoms with Gasteiger partial charge in [0.25, 0.3) is 0 Å². The molecular weight excluding hydrogens is 321 g/mol. The molecule has 0 spiro atoms. The SMILES string of the molecule is CCCCN(C)c1ncnc(Nc2cc(Cl)cc(Cl)c2)c1N. The van der Waals surface area contributed by atoms with Gasteiger partial charge in [0.05, 0.1) is 0 Å². The minimum atomic E-state index is 0.497. The molecule has 0 atom stereocenters. The van der Waals surface area contributed by atoms with Gasteiger partial charge in [-0.1, -0.05) is 36.5 Å². The first-order chi connectivity index (χ1) is 10.5. The molecule has 0 radical (unpaired) electrons. The Bertz CT molecular complexity index is 628. The van der Waals surface area contributed by atoms with Crippen LogP contribution < -0.4 is 16.0 Å². The molecule has 1 heterocycles. The number of unbranched alkanes of at least 4 members (excludes halogenated alkanes) is 1. The highest BCUT2D eigenvalue weighted by atomic mass is 35.5. The van der Waals surface area contributed by atoms with Gasteiger partial charge in [-0.25, -0.2) is 9.97 Å². The van der Waals surface area contributed by atoms with Crippen LogP contribution in [-0.4, -0.2) is 23.6 Å². The van der Waals surface area contributed by atoms with Crippen LogP contribution >= 0.6 is 23.2 Å². The van der Waals surface area contributed by atoms with Crippen molar-refractivity contribution in [3.05, 3.63) is 34.6 Å². The van der Waals surface area contributed by atoms with Crippen molar-refractivity contribution in [2.24, 2.45) is 0 Å². The summed E-state index contributed by atoms with van der Waals surface area (Å²) in [5.74, 6) is 1.24. The Morgan fingerprint density at radius 3 is 2.50 bits per heavy atom. The smallest absolute Gasteiger partial charge is 0.159 e. The number of hydrogen-bond donors (Lipinski definition) is 2. The summed E-state index contributed by atoms with van der Waals surface area (Å²) in [5.41, 5.74) is 7.41. The van der Waals surface area contributed by atoms with Crippen molar-refractivity contribution in [3.8, 4) is 0 Å². The second kappa shape index (κ2) is 7.51. The maximum absolute atomic E-state index is 6.18. The molecule has 22 heavy (non-hydrogen) atoms. The number of nitrogens with zero attached hydrogens (tertiary/aromatic N) is 3. The van der Waals surface area contributed by atoms with Crippen LogP contribution in [0.15, 0.2) is 24.5 Å². The average molecular weight is 340 g/mol. The van der Waals surface area contributed by atoms with E-state index in [1.165, 1.54) is 6.33 Å². The maximum atomic E-state index is 6.18. The number of nitrogens with two attached hydrogens (primary N) is 1. The summed E-state index contributed by atoms with van der Waals surface area (Å²) in [5, 5.41) is 4.22. The molecule has 0 saturated heterocycles. The lowest BCUT2D eigenvalue weighted by Crippen LogP contribution is -2.21. The van der Waals surface area contributed by atoms with Crippen LogP contribution in [-0.2, 0) is 0 Å². The van der Waals surface area contributed by atoms with E-state index in [0.29, 0.717) is 27.4 Å². The van der Waals surface area contributed by atoms with Crippen molar-refractivity contribution in [1.82, 2.24) is 9.97 Å². The molecule has 1 aromatic heterocycles. The molecule has 7 heteroatoms. The minimum absolute atomic E-state index is 0.497. The molecule has 0 unspecified atom stereocenters. The molecule has 0 aliphatic carbocycles. The van der Waals surface area contributed by atoms with Gasteiger partial charge < -0.3 is 16.0 Å². The Kier molecular flexibility index (Phi) is 5.69. The van der Waals surface area contributed by atoms with E-state index in [0.717, 1.165) is 25.1 Å². The number of nitrogens with one attached hydrogen (secondary N) is 1. The van der Waals surface area contributed by atoms with Crippen molar-refractivity contribution >= 4 is 46.2 Å². The molecule has 3 N–H and O–H groups in total. The maximum Gasteiger partial charge on any atom is 0.159 e. The molecular formula is C15H19Cl2N5. The predicted molar refractivity (Wildman–Crippen MR) is 94.4 cm³/mol. The number of hydrogen-bond acceptors (Lipinski definition) is 5. The van der Waals surface area contributed by atoms with Gasteiger partial charge in [0.15, 0.2) is 11.6 Å². The lowest BCUT2D eigenvalue weighted by atomic mass is 10.3. The van der Waals surface area contributed by atoms with E-state index in [4.69, 9.17) is 28.9 Å². The molecule has 2 aromatic rings. The van der Waals surface area contributed by atoms with Gasteiger partial charge in [-0.3, -0.25) is 0 Å². The van der Waals surface area contributed by atoms with Gasteiger partial charge in [-0.2, -0.15) is 0 Å². The molecule has 0 aliphatic rings. The Morgan fingerprint density at radius 1 is 1.18 bits per heavy atom. The number of anilines is 4. The summed E-state index contributed by atoms with van der Waals surface area (Å²) in [7, 11) is 1.97. The van der Waals surface area contributed by atoms with Crippen LogP contribution in [0.25, 0.3) is 0 Å². The summed E-state index contributed by atoms with van der Waals surface area (Å²) in [4.78, 5) is 10.5. The Labute approximate surface area is 140 Å². The minimum Gasteiger partial charge on any atom is -0.393 e. The number of rotatable bonds is 6. The van der Waals surface area contributed by atoms with E-state index in [-0.39, 0.29) is 0 Å². The van der Waals surface area contributed by atoms with Gasteiger partial charge in [0, 0.05) is 29.3 Å². The lowest BCUT2D eigenvalue weighted by Gasteiger charge is -2.20. The van der Waals surface area contributed by atoms with Crippen LogP contribution in [0, 0.1) is 0 Å². The number of halogens is 2. The van der Waals surface area contributed by atoms with Crippen molar-refractivity contribution < 1.29 is 0 Å². The molecule has 1 aromatic carbocycles. The number of aromatic nitrogens is 2. The highest BCUT2D eigenvalue weighted by Gasteiger charge is 2.12. The zero-order valence-electron chi connectivity index (χ0n) is 12.6. The Hall–Kier alpha value is -1.72. The lowest BCUT2D eigenvalue weighted by molar-refractivity contribution is 0.759. The highest BCUT2D eigenvalue weighted by molar-refractivity contribution is 6.35. The topological polar surface area (TPSA) is 67.1 Å². The summed E-state index contributed by atoms with van der Waals surface area (Å²) in [6.45, 7) is 3.03. The van der Waals surface area contributed by atoms with E-state index >= 15 is 0 Å². The van der Waals surface area contributed by atoms with E-state index in [9.17, 15) is 0 Å². The summed E-state index contributed by atoms with van der Waals surface area (Å²) >= 11 is 12.0. The fourth-order valence-electron chi connectivity index (χ4n) is 2.05. The second-order valence-corrected chi connectivity index (χ2v) is 5.89. The standard InChI is InChI=1S/C15H19Cl2N5/c1-3-4-5-22(2)15-13(18)14(19-9-20-15)21-12-7-10(16)6-11(17)8-12/h6-9H,3-5,18H2,1-2H3,(H,19,20,21). The zero-order chi connectivity index (χ0) is 16.1. The van der Waals surface area contributed by atoms with E-state index in [1.54, 1.807) is 18.2 Å². The first-order valence-corrected chi connectivity index (χ1v) is 7.81. The normalized spacial score (nSPS) is 10.5. The third-order valence-corrected chi connectivity index (χ3v) is 3.63. The van der Waals surface area contributed by atoms with Crippen LogP contribution in [0.3, 0.4) is 0 Å². The Balaban J connectivity index is 2.24. The van der Waals surface area contributed by atoms with Crippen molar-refractivity contribution in [1.29, 1.82) is 0 Å². The van der Waals surface area contributed by atoms with Crippen LogP contribution in [0.2, 0.25) is 10.0 Å². The number of nitrogen functional groups attached to an aromatic ring is 1. The van der Waals surface area contributed by atoms with Gasteiger partial charge in [-0.15, -0.1) is 0 Å². The summed E-state index contributed by atoms with van der Waals surface area (Å²) in [6, 6.07) is 5.19. The molecule has 5 nitrogen and oxygen atoms in total. The molecule has 2 rings (SSSR count). The summed E-state index contributed by atoms with van der Waals surface area (Å²) < 4.78 is 0. The Morgan fingerprint density at radius 2 is 1.86 bits per heavy atom. The zero-order valence-corrected chi connectivity index (χ0v) is 14.1. The monoisotopic (exact) mass is 339 g/mol. The van der Waals surface area contributed by atoms with Gasteiger partial charge in [-0.05, 0) is 24.6 Å². The largest absolute Gasteiger partial charge is 0.393 e. The molecule has 118 valence electrons. The number of benzene rings is 1. The average Bonchev–Trinajstić information content (AvgIpc) is 2.46. The van der Waals surface area contributed by atoms with Crippen molar-refractivity contribution in [3.63, 3.8) is 0 Å². The quantitative estimate of drug-likeness (QED) is 0.818. The van der Waals surface area contributed by atoms with Crippen LogP contribution in [0.1, 0.15) is 19.8 Å². The highest BCUT2D eigenvalue weighted by Crippen LogP contribution is 2.30. The molecule has 0 fully saturated rings. The molecule has 0 amide bonds. The van der Waals surface area contributed by atoms with Crippen molar-refractivity contribution in [2.45, 2.75) is 19.8 Å². The first-order valence-electron chi connectivity index (χ1n) is 7.06. The third kappa shape index (κ3) is 4.15. The van der Waals surface area contributed by atoms with E-state index in [1.807, 2.05) is 11.9 Å². The van der Waals surface area contributed by atoms with E-state index in [2.05, 4.69) is 22.2 Å². The molecule has 0 aliphatic heterocycles. The predicted octanol–water partition coefficient (Wildman–Crippen LogP) is 4.35. The van der Waals surface area contributed by atoms with Gasteiger partial charge in [0.2, 0.25) is 0 Å². The third-order valence-electron chi connectivity index (χ3n) is 3.20. The van der Waals surface area contributed by atoms with Crippen LogP contribution in [0.4, 0.5) is 23.0 Å². The van der Waals surface area contributed by atoms with E-state index < -0.39 is 0 Å². The van der Waals surface area contributed by atoms with Gasteiger partial charge >= 0.3 is 0 Å². The fourth-order valence-corrected chi connectivity index (χ4v) is 2.58.